The molecule has 0 heterocycles. The highest BCUT2D eigenvalue weighted by molar-refractivity contribution is 7.93. The molecule has 0 aromatic heterocycles. The molecule has 0 N–H and O–H groups in total. The summed E-state index contributed by atoms with van der Waals surface area (Å²) in [6, 6.07) is 17.9. The predicted molar refractivity (Wildman–Crippen MR) is 125 cm³/mol. The summed E-state index contributed by atoms with van der Waals surface area (Å²) in [5, 5.41) is 0.393. The van der Waals surface area contributed by atoms with Crippen molar-refractivity contribution in [1.29, 1.82) is 0 Å². The molecule has 0 radical (unpaired) electrons. The number of anilines is 1. The van der Waals surface area contributed by atoms with E-state index in [1.165, 1.54) is 24.3 Å². The molecule has 0 aliphatic heterocycles. The van der Waals surface area contributed by atoms with E-state index in [-0.39, 0.29) is 10.6 Å². The molecule has 8 heteroatoms. The van der Waals surface area contributed by atoms with E-state index in [1.807, 2.05) is 19.9 Å². The van der Waals surface area contributed by atoms with E-state index in [4.69, 9.17) is 21.1 Å². The molecule has 0 aliphatic carbocycles. The normalized spacial score (nSPS) is 11.1. The van der Waals surface area contributed by atoms with E-state index in [2.05, 4.69) is 0 Å². The Morgan fingerprint density at radius 3 is 2.19 bits per heavy atom. The van der Waals surface area contributed by atoms with Crippen LogP contribution in [0, 0.1) is 13.8 Å². The fourth-order valence-corrected chi connectivity index (χ4v) is 4.68. The van der Waals surface area contributed by atoms with Gasteiger partial charge in [-0.2, -0.15) is 4.31 Å². The molecule has 3 rings (SSSR count). The Morgan fingerprint density at radius 1 is 0.938 bits per heavy atom. The van der Waals surface area contributed by atoms with Crippen LogP contribution in [0.3, 0.4) is 0 Å². The lowest BCUT2D eigenvalue weighted by Crippen LogP contribution is -2.40. The predicted octanol–water partition coefficient (Wildman–Crippen LogP) is 5.16. The summed E-state index contributed by atoms with van der Waals surface area (Å²) in [5.41, 5.74) is 1.72. The van der Waals surface area contributed by atoms with Gasteiger partial charge in [-0.15, -0.1) is 0 Å². The summed E-state index contributed by atoms with van der Waals surface area (Å²) in [7, 11) is -4.22. The van der Waals surface area contributed by atoms with Gasteiger partial charge >= 0.3 is 0 Å². The van der Waals surface area contributed by atoms with Crippen molar-refractivity contribution in [1.82, 2.24) is 0 Å². The number of amides is 1. The summed E-state index contributed by atoms with van der Waals surface area (Å²) in [6.45, 7) is 5.34. The van der Waals surface area contributed by atoms with Crippen LogP contribution in [0.2, 0.25) is 5.02 Å². The molecule has 32 heavy (non-hydrogen) atoms. The van der Waals surface area contributed by atoms with Crippen molar-refractivity contribution in [3.8, 4) is 11.5 Å². The molecule has 0 bridgehead atoms. The Balaban J connectivity index is 2.00. The zero-order chi connectivity index (χ0) is 23.3. The van der Waals surface area contributed by atoms with Gasteiger partial charge in [0.05, 0.1) is 17.2 Å². The number of nitrogens with zero attached hydrogens (tertiary/aromatic N) is 1. The molecule has 0 aliphatic rings. The van der Waals surface area contributed by atoms with E-state index in [9.17, 15) is 13.2 Å². The minimum atomic E-state index is -4.22. The van der Waals surface area contributed by atoms with Crippen LogP contribution in [-0.2, 0) is 14.8 Å². The number of carbonyl (C=O) groups excluding carboxylic acids is 1. The van der Waals surface area contributed by atoms with E-state index in [1.54, 1.807) is 43.3 Å². The van der Waals surface area contributed by atoms with E-state index >= 15 is 0 Å². The zero-order valence-corrected chi connectivity index (χ0v) is 19.6. The molecule has 0 saturated heterocycles. The van der Waals surface area contributed by atoms with E-state index in [0.29, 0.717) is 28.7 Å². The van der Waals surface area contributed by atoms with Gasteiger partial charge in [-0.1, -0.05) is 35.9 Å². The van der Waals surface area contributed by atoms with Gasteiger partial charge < -0.3 is 9.47 Å². The van der Waals surface area contributed by atoms with Gasteiger partial charge in [0.1, 0.15) is 0 Å². The topological polar surface area (TPSA) is 72.9 Å². The van der Waals surface area contributed by atoms with Gasteiger partial charge in [0, 0.05) is 5.02 Å². The van der Waals surface area contributed by atoms with Crippen LogP contribution in [-0.4, -0.2) is 27.5 Å². The molecule has 3 aromatic rings. The first-order valence-electron chi connectivity index (χ1n) is 9.99. The first-order chi connectivity index (χ1) is 15.2. The van der Waals surface area contributed by atoms with Gasteiger partial charge in [0.15, 0.2) is 18.1 Å². The van der Waals surface area contributed by atoms with Crippen molar-refractivity contribution in [3.63, 3.8) is 0 Å². The first kappa shape index (κ1) is 23.6. The van der Waals surface area contributed by atoms with Gasteiger partial charge in [-0.25, -0.2) is 8.42 Å². The third-order valence-corrected chi connectivity index (χ3v) is 6.66. The average molecular weight is 474 g/mol. The molecule has 3 aromatic carbocycles. The van der Waals surface area contributed by atoms with Crippen molar-refractivity contribution in [3.05, 3.63) is 82.9 Å². The minimum absolute atomic E-state index is 0.0501. The van der Waals surface area contributed by atoms with Crippen molar-refractivity contribution in [2.45, 2.75) is 25.7 Å². The second-order valence-corrected chi connectivity index (χ2v) is 9.30. The summed E-state index contributed by atoms with van der Waals surface area (Å²) in [4.78, 5) is 13.2. The van der Waals surface area contributed by atoms with Gasteiger partial charge in [-0.05, 0) is 74.4 Å². The maximum absolute atomic E-state index is 13.5. The SMILES string of the molecule is CCOc1ccccc1OCC(=O)N(c1cc(C)ccc1C)S(=O)(=O)c1ccc(Cl)cc1. The van der Waals surface area contributed by atoms with Gasteiger partial charge in [0.2, 0.25) is 0 Å². The highest BCUT2D eigenvalue weighted by atomic mass is 35.5. The summed E-state index contributed by atoms with van der Waals surface area (Å²) in [6.07, 6.45) is 0. The molecule has 1 amide bonds. The van der Waals surface area contributed by atoms with Crippen LogP contribution in [0.15, 0.2) is 71.6 Å². The molecule has 168 valence electrons. The maximum Gasteiger partial charge on any atom is 0.278 e. The van der Waals surface area contributed by atoms with Crippen LogP contribution in [0.4, 0.5) is 5.69 Å². The number of benzene rings is 3. The standard InChI is InChI=1S/C24H24ClNO5S/c1-4-30-22-7-5-6-8-23(22)31-16-24(27)26(21-15-17(2)9-10-18(21)3)32(28,29)20-13-11-19(25)12-14-20/h5-15H,4,16H2,1-3H3. The number of hydrogen-bond acceptors (Lipinski definition) is 5. The fraction of sp³-hybridized carbons (Fsp3) is 0.208. The molecule has 0 spiro atoms. The zero-order valence-electron chi connectivity index (χ0n) is 18.0. The minimum Gasteiger partial charge on any atom is -0.490 e. The third-order valence-electron chi connectivity index (χ3n) is 4.66. The second-order valence-electron chi connectivity index (χ2n) is 7.08. The number of para-hydroxylation sites is 2. The Kier molecular flexibility index (Phi) is 7.43. The monoisotopic (exact) mass is 473 g/mol. The highest BCUT2D eigenvalue weighted by Gasteiger charge is 2.32. The first-order valence-corrected chi connectivity index (χ1v) is 11.8. The number of ether oxygens (including phenoxy) is 2. The summed E-state index contributed by atoms with van der Waals surface area (Å²) in [5.74, 6) is 0.0918. The Morgan fingerprint density at radius 2 is 1.56 bits per heavy atom. The third kappa shape index (κ3) is 5.23. The van der Waals surface area contributed by atoms with Gasteiger partial charge in [-0.3, -0.25) is 4.79 Å². The van der Waals surface area contributed by atoms with Crippen LogP contribution in [0.1, 0.15) is 18.1 Å². The number of hydrogen-bond donors (Lipinski definition) is 0. The molecule has 0 atom stereocenters. The number of aryl methyl sites for hydroxylation is 2. The summed E-state index contributed by atoms with van der Waals surface area (Å²) < 4.78 is 39.0. The average Bonchev–Trinajstić information content (AvgIpc) is 2.76. The lowest BCUT2D eigenvalue weighted by molar-refractivity contribution is -0.119. The van der Waals surface area contributed by atoms with Crippen molar-refractivity contribution in [2.24, 2.45) is 0 Å². The van der Waals surface area contributed by atoms with Crippen molar-refractivity contribution in [2.75, 3.05) is 17.5 Å². The van der Waals surface area contributed by atoms with Crippen LogP contribution in [0.25, 0.3) is 0 Å². The van der Waals surface area contributed by atoms with Crippen molar-refractivity contribution >= 4 is 33.2 Å². The number of carbonyl (C=O) groups is 1. The maximum atomic E-state index is 13.5. The van der Waals surface area contributed by atoms with Crippen LogP contribution in [0.5, 0.6) is 11.5 Å². The van der Waals surface area contributed by atoms with E-state index in [0.717, 1.165) is 9.87 Å². The Bertz CT molecular complexity index is 1210. The lowest BCUT2D eigenvalue weighted by Gasteiger charge is -2.25. The molecule has 0 fully saturated rings. The summed E-state index contributed by atoms with van der Waals surface area (Å²) >= 11 is 5.92. The number of halogens is 1. The molecule has 0 unspecified atom stereocenters. The van der Waals surface area contributed by atoms with Crippen LogP contribution >= 0.6 is 11.6 Å². The highest BCUT2D eigenvalue weighted by Crippen LogP contribution is 2.30. The fourth-order valence-electron chi connectivity index (χ4n) is 3.09. The van der Waals surface area contributed by atoms with Gasteiger partial charge in [0.25, 0.3) is 15.9 Å². The van der Waals surface area contributed by atoms with Crippen molar-refractivity contribution < 1.29 is 22.7 Å². The number of rotatable bonds is 8. The lowest BCUT2D eigenvalue weighted by atomic mass is 10.1. The number of sulfonamides is 1. The molecular formula is C24H24ClNO5S. The molecule has 0 saturated carbocycles. The second kappa shape index (κ2) is 10.1. The Hall–Kier alpha value is -3.03. The smallest absolute Gasteiger partial charge is 0.278 e. The largest absolute Gasteiger partial charge is 0.490 e. The molecule has 6 nitrogen and oxygen atoms in total. The van der Waals surface area contributed by atoms with E-state index < -0.39 is 22.5 Å². The quantitative estimate of drug-likeness (QED) is 0.452. The molecular weight excluding hydrogens is 450 g/mol. The van der Waals surface area contributed by atoms with Crippen LogP contribution < -0.4 is 13.8 Å². The Labute approximate surface area is 193 Å².